The minimum atomic E-state index is -0.390. The fourth-order valence-corrected chi connectivity index (χ4v) is 2.47. The second-order valence-corrected chi connectivity index (χ2v) is 6.60. The maximum absolute atomic E-state index is 12.2. The third kappa shape index (κ3) is 4.89. The molecule has 2 N–H and O–H groups in total. The number of aromatic nitrogens is 2. The Morgan fingerprint density at radius 1 is 1.30 bits per heavy atom. The molecule has 2 rings (SSSR count). The number of hydrogen-bond acceptors (Lipinski definition) is 5. The van der Waals surface area contributed by atoms with E-state index in [1.54, 1.807) is 38.1 Å². The first-order chi connectivity index (χ1) is 10.8. The number of aliphatic hydroxyl groups excluding tert-OH is 1. The van der Waals surface area contributed by atoms with Gasteiger partial charge in [-0.15, -0.1) is 10.2 Å². The summed E-state index contributed by atoms with van der Waals surface area (Å²) < 4.78 is 5.35. The zero-order chi connectivity index (χ0) is 17.0. The van der Waals surface area contributed by atoms with Crippen LogP contribution in [0.15, 0.2) is 28.7 Å². The Hall–Kier alpha value is -2.21. The van der Waals surface area contributed by atoms with Crippen LogP contribution in [0.2, 0.25) is 0 Å². The number of carbonyl (C=O) groups is 1. The molecule has 0 aliphatic carbocycles. The van der Waals surface area contributed by atoms with Gasteiger partial charge in [0.1, 0.15) is 0 Å². The van der Waals surface area contributed by atoms with Crippen molar-refractivity contribution < 1.29 is 14.3 Å². The molecule has 0 bridgehead atoms. The summed E-state index contributed by atoms with van der Waals surface area (Å²) in [6.07, 6.45) is 0.238. The molecule has 0 spiro atoms. The van der Waals surface area contributed by atoms with Crippen molar-refractivity contribution >= 4 is 5.91 Å². The molecule has 1 amide bonds. The second kappa shape index (κ2) is 6.91. The molecular formula is C17H23N3O3. The predicted molar refractivity (Wildman–Crippen MR) is 86.9 cm³/mol. The summed E-state index contributed by atoms with van der Waals surface area (Å²) in [6.45, 7) is 8.01. The fraction of sp³-hybridized carbons (Fsp3) is 0.471. The highest BCUT2D eigenvalue weighted by Crippen LogP contribution is 2.22. The molecule has 1 heterocycles. The molecule has 1 aromatic heterocycles. The van der Waals surface area contributed by atoms with Crippen molar-refractivity contribution in [2.45, 2.75) is 40.2 Å². The number of hydrogen-bond donors (Lipinski definition) is 2. The molecule has 124 valence electrons. The molecule has 6 heteroatoms. The first-order valence-corrected chi connectivity index (χ1v) is 7.64. The molecule has 1 aromatic carbocycles. The predicted octanol–water partition coefficient (Wildman–Crippen LogP) is 2.57. The SMILES string of the molecule is Cc1nnc(-c2ccc(C(=O)NCC(C)(C)CC(C)O)cc2)o1. The molecule has 0 saturated carbocycles. The van der Waals surface area contributed by atoms with Crippen LogP contribution in [0.25, 0.3) is 11.5 Å². The van der Waals surface area contributed by atoms with E-state index >= 15 is 0 Å². The first kappa shape index (κ1) is 17.1. The molecule has 0 fully saturated rings. The van der Waals surface area contributed by atoms with Gasteiger partial charge >= 0.3 is 0 Å². The van der Waals surface area contributed by atoms with E-state index in [0.29, 0.717) is 30.3 Å². The monoisotopic (exact) mass is 317 g/mol. The van der Waals surface area contributed by atoms with Crippen molar-refractivity contribution in [3.05, 3.63) is 35.7 Å². The number of benzene rings is 1. The summed E-state index contributed by atoms with van der Waals surface area (Å²) in [4.78, 5) is 12.2. The third-order valence-corrected chi connectivity index (χ3v) is 3.50. The molecule has 0 aliphatic heterocycles. The van der Waals surface area contributed by atoms with Crippen molar-refractivity contribution in [2.75, 3.05) is 6.54 Å². The highest BCUT2D eigenvalue weighted by molar-refractivity contribution is 5.94. The van der Waals surface area contributed by atoms with Crippen molar-refractivity contribution in [2.24, 2.45) is 5.41 Å². The normalized spacial score (nSPS) is 12.9. The van der Waals surface area contributed by atoms with Crippen LogP contribution in [0.4, 0.5) is 0 Å². The average molecular weight is 317 g/mol. The highest BCUT2D eigenvalue weighted by Gasteiger charge is 2.21. The molecule has 2 aromatic rings. The van der Waals surface area contributed by atoms with Gasteiger partial charge < -0.3 is 14.8 Å². The summed E-state index contributed by atoms with van der Waals surface area (Å²) in [5, 5.41) is 20.1. The molecule has 6 nitrogen and oxygen atoms in total. The van der Waals surface area contributed by atoms with Gasteiger partial charge in [-0.25, -0.2) is 0 Å². The maximum atomic E-state index is 12.2. The van der Waals surface area contributed by atoms with Gasteiger partial charge in [-0.05, 0) is 43.0 Å². The summed E-state index contributed by atoms with van der Waals surface area (Å²) >= 11 is 0. The molecule has 0 saturated heterocycles. The zero-order valence-corrected chi connectivity index (χ0v) is 14.0. The summed E-state index contributed by atoms with van der Waals surface area (Å²) in [6, 6.07) is 7.02. The number of aliphatic hydroxyl groups is 1. The van der Waals surface area contributed by atoms with E-state index in [-0.39, 0.29) is 17.4 Å². The number of carbonyl (C=O) groups excluding carboxylic acids is 1. The largest absolute Gasteiger partial charge is 0.421 e. The van der Waals surface area contributed by atoms with Crippen molar-refractivity contribution in [1.29, 1.82) is 0 Å². The van der Waals surface area contributed by atoms with E-state index in [2.05, 4.69) is 15.5 Å². The van der Waals surface area contributed by atoms with Gasteiger partial charge in [0.15, 0.2) is 0 Å². The lowest BCUT2D eigenvalue weighted by Gasteiger charge is -2.26. The fourth-order valence-electron chi connectivity index (χ4n) is 2.47. The van der Waals surface area contributed by atoms with Gasteiger partial charge in [0.2, 0.25) is 11.8 Å². The van der Waals surface area contributed by atoms with Crippen LogP contribution >= 0.6 is 0 Å². The van der Waals surface area contributed by atoms with Crippen LogP contribution in [0.5, 0.6) is 0 Å². The summed E-state index contributed by atoms with van der Waals surface area (Å²) in [5.74, 6) is 0.798. The lowest BCUT2D eigenvalue weighted by molar-refractivity contribution is 0.0902. The van der Waals surface area contributed by atoms with Gasteiger partial charge in [-0.2, -0.15) is 0 Å². The van der Waals surface area contributed by atoms with Crippen molar-refractivity contribution in [1.82, 2.24) is 15.5 Å². The van der Waals surface area contributed by atoms with Gasteiger partial charge in [0.05, 0.1) is 6.10 Å². The average Bonchev–Trinajstić information content (AvgIpc) is 2.90. The lowest BCUT2D eigenvalue weighted by Crippen LogP contribution is -2.35. The Balaban J connectivity index is 1.98. The number of aryl methyl sites for hydroxylation is 1. The number of rotatable bonds is 6. The van der Waals surface area contributed by atoms with Gasteiger partial charge in [-0.3, -0.25) is 4.79 Å². The van der Waals surface area contributed by atoms with E-state index in [0.717, 1.165) is 5.56 Å². The Morgan fingerprint density at radius 2 is 1.96 bits per heavy atom. The number of nitrogens with zero attached hydrogens (tertiary/aromatic N) is 2. The summed E-state index contributed by atoms with van der Waals surface area (Å²) in [7, 11) is 0. The van der Waals surface area contributed by atoms with E-state index in [1.807, 2.05) is 13.8 Å². The highest BCUT2D eigenvalue weighted by atomic mass is 16.4. The van der Waals surface area contributed by atoms with Crippen LogP contribution in [0, 0.1) is 12.3 Å². The molecule has 1 atom stereocenters. The Labute approximate surface area is 135 Å². The van der Waals surface area contributed by atoms with E-state index in [1.165, 1.54) is 0 Å². The van der Waals surface area contributed by atoms with Crippen LogP contribution in [0.3, 0.4) is 0 Å². The second-order valence-electron chi connectivity index (χ2n) is 6.60. The van der Waals surface area contributed by atoms with Gasteiger partial charge in [0.25, 0.3) is 5.91 Å². The van der Waals surface area contributed by atoms with E-state index in [9.17, 15) is 9.90 Å². The lowest BCUT2D eigenvalue weighted by atomic mass is 9.87. The van der Waals surface area contributed by atoms with Crippen molar-refractivity contribution in [3.63, 3.8) is 0 Å². The topological polar surface area (TPSA) is 88.2 Å². The van der Waals surface area contributed by atoms with Gasteiger partial charge in [-0.1, -0.05) is 13.8 Å². The minimum absolute atomic E-state index is 0.142. The van der Waals surface area contributed by atoms with Crippen molar-refractivity contribution in [3.8, 4) is 11.5 Å². The van der Waals surface area contributed by atoms with E-state index in [4.69, 9.17) is 4.42 Å². The zero-order valence-electron chi connectivity index (χ0n) is 14.0. The molecule has 1 unspecified atom stereocenters. The Bertz CT molecular complexity index is 660. The number of nitrogens with one attached hydrogen (secondary N) is 1. The van der Waals surface area contributed by atoms with E-state index < -0.39 is 0 Å². The number of amides is 1. The van der Waals surface area contributed by atoms with Gasteiger partial charge in [0, 0.05) is 24.6 Å². The molecular weight excluding hydrogens is 294 g/mol. The smallest absolute Gasteiger partial charge is 0.251 e. The third-order valence-electron chi connectivity index (χ3n) is 3.50. The molecule has 0 radical (unpaired) electrons. The summed E-state index contributed by atoms with van der Waals surface area (Å²) in [5.41, 5.74) is 1.18. The minimum Gasteiger partial charge on any atom is -0.421 e. The Kier molecular flexibility index (Phi) is 5.15. The Morgan fingerprint density at radius 3 is 2.48 bits per heavy atom. The van der Waals surface area contributed by atoms with Crippen LogP contribution in [-0.2, 0) is 0 Å². The van der Waals surface area contributed by atoms with Crippen LogP contribution in [0.1, 0.15) is 43.4 Å². The van der Waals surface area contributed by atoms with Crippen LogP contribution < -0.4 is 5.32 Å². The maximum Gasteiger partial charge on any atom is 0.251 e. The first-order valence-electron chi connectivity index (χ1n) is 7.64. The molecule has 23 heavy (non-hydrogen) atoms. The van der Waals surface area contributed by atoms with Crippen LogP contribution in [-0.4, -0.2) is 33.9 Å². The molecule has 0 aliphatic rings. The quantitative estimate of drug-likeness (QED) is 0.855. The standard InChI is InChI=1S/C17H23N3O3/c1-11(21)9-17(3,4)10-18-15(22)13-5-7-14(8-6-13)16-20-19-12(2)23-16/h5-8,11,21H,9-10H2,1-4H3,(H,18,22).